The van der Waals surface area contributed by atoms with Crippen LogP contribution in [0.5, 0.6) is 0 Å². The maximum absolute atomic E-state index is 10.2. The van der Waals surface area contributed by atoms with Crippen molar-refractivity contribution in [2.75, 3.05) is 11.5 Å². The molecule has 48 valence electrons. The smallest absolute Gasteiger partial charge is 0.213 e. The zero-order chi connectivity index (χ0) is 6.41. The minimum Gasteiger partial charge on any atom is -0.213 e. The molecule has 0 aromatic rings. The van der Waals surface area contributed by atoms with Crippen LogP contribution in [0.15, 0.2) is 0 Å². The molecule has 0 saturated carbocycles. The molecule has 0 aromatic heterocycles. The van der Waals surface area contributed by atoms with Crippen molar-refractivity contribution < 1.29 is 16.8 Å². The third-order valence-corrected chi connectivity index (χ3v) is 6.73. The summed E-state index contributed by atoms with van der Waals surface area (Å²) in [7, 11) is -7.38. The molecule has 1 rings (SSSR count). The molecule has 0 amide bonds. The molecular formula is C2H4O4S2. The van der Waals surface area contributed by atoms with Gasteiger partial charge < -0.3 is 0 Å². The van der Waals surface area contributed by atoms with Gasteiger partial charge in [-0.05, 0) is 0 Å². The molecule has 1 heterocycles. The van der Waals surface area contributed by atoms with E-state index in [1.807, 2.05) is 0 Å². The molecule has 1 fully saturated rings. The molecule has 0 spiro atoms. The predicted octanol–water partition coefficient (Wildman–Crippen LogP) is -1.26. The fourth-order valence-corrected chi connectivity index (χ4v) is 3.20. The van der Waals surface area contributed by atoms with E-state index in [2.05, 4.69) is 0 Å². The van der Waals surface area contributed by atoms with Gasteiger partial charge in [0.15, 0.2) is 0 Å². The van der Waals surface area contributed by atoms with E-state index in [4.69, 9.17) is 0 Å². The maximum atomic E-state index is 10.2. The second kappa shape index (κ2) is 1.24. The Morgan fingerprint density at radius 1 is 0.750 bits per heavy atom. The molecular weight excluding hydrogens is 152 g/mol. The Balaban J connectivity index is 3.36. The van der Waals surface area contributed by atoms with E-state index in [1.165, 1.54) is 0 Å². The van der Waals surface area contributed by atoms with Gasteiger partial charge in [-0.3, -0.25) is 0 Å². The molecule has 8 heavy (non-hydrogen) atoms. The fourth-order valence-electron chi connectivity index (χ4n) is 0.355. The van der Waals surface area contributed by atoms with Crippen LogP contribution in [-0.4, -0.2) is 28.3 Å². The first-order chi connectivity index (χ1) is 3.46. The van der Waals surface area contributed by atoms with Crippen LogP contribution in [0.3, 0.4) is 0 Å². The average molecular weight is 156 g/mol. The summed E-state index contributed by atoms with van der Waals surface area (Å²) in [5, 5.41) is 0. The number of rotatable bonds is 0. The second-order valence-electron chi connectivity index (χ2n) is 1.52. The Morgan fingerprint density at radius 3 is 1.00 bits per heavy atom. The summed E-state index contributed by atoms with van der Waals surface area (Å²) in [5.41, 5.74) is 0. The summed E-state index contributed by atoms with van der Waals surface area (Å²) in [6.45, 7) is 0. The van der Waals surface area contributed by atoms with Crippen LogP contribution < -0.4 is 0 Å². The topological polar surface area (TPSA) is 68.3 Å². The Hall–Kier alpha value is -0.100. The zero-order valence-electron chi connectivity index (χ0n) is 3.86. The van der Waals surface area contributed by atoms with Crippen LogP contribution in [0.1, 0.15) is 0 Å². The van der Waals surface area contributed by atoms with E-state index in [0.717, 1.165) is 0 Å². The van der Waals surface area contributed by atoms with Crippen LogP contribution in [0.4, 0.5) is 0 Å². The summed E-state index contributed by atoms with van der Waals surface area (Å²) >= 11 is 0. The third-order valence-electron chi connectivity index (χ3n) is 0.970. The Morgan fingerprint density at radius 2 is 1.00 bits per heavy atom. The van der Waals surface area contributed by atoms with Crippen molar-refractivity contribution >= 4 is 17.7 Å². The third kappa shape index (κ3) is 0.560. The SMILES string of the molecule is O=S1(=O)CCS1(=O)=O. The van der Waals surface area contributed by atoms with E-state index >= 15 is 0 Å². The largest absolute Gasteiger partial charge is 0.254 e. The molecule has 1 saturated heterocycles. The molecule has 0 bridgehead atoms. The number of hydrogen-bond donors (Lipinski definition) is 0. The van der Waals surface area contributed by atoms with Crippen molar-refractivity contribution in [1.29, 1.82) is 0 Å². The van der Waals surface area contributed by atoms with E-state index < -0.39 is 17.7 Å². The highest BCUT2D eigenvalue weighted by molar-refractivity contribution is 8.69. The van der Waals surface area contributed by atoms with Crippen LogP contribution in [0.25, 0.3) is 0 Å². The van der Waals surface area contributed by atoms with Gasteiger partial charge in [0.1, 0.15) is 0 Å². The maximum Gasteiger partial charge on any atom is 0.254 e. The fraction of sp³-hybridized carbons (Fsp3) is 1.00. The Bertz CT molecular complexity index is 248. The van der Waals surface area contributed by atoms with E-state index in [9.17, 15) is 16.8 Å². The van der Waals surface area contributed by atoms with Gasteiger partial charge in [0.05, 0.1) is 11.5 Å². The van der Waals surface area contributed by atoms with Gasteiger partial charge in [0.2, 0.25) is 0 Å². The highest BCUT2D eigenvalue weighted by Gasteiger charge is 2.40. The lowest BCUT2D eigenvalue weighted by Gasteiger charge is -2.11. The van der Waals surface area contributed by atoms with Crippen LogP contribution in [0, 0.1) is 0 Å². The van der Waals surface area contributed by atoms with Crippen molar-refractivity contribution in [2.24, 2.45) is 0 Å². The average Bonchev–Trinajstić information content (AvgIpc) is 1.64. The predicted molar refractivity (Wildman–Crippen MR) is 27.6 cm³/mol. The lowest BCUT2D eigenvalue weighted by Crippen LogP contribution is -2.36. The first-order valence-electron chi connectivity index (χ1n) is 1.91. The van der Waals surface area contributed by atoms with E-state index in [1.54, 1.807) is 0 Å². The molecule has 0 atom stereocenters. The Labute approximate surface area is 46.7 Å². The summed E-state index contributed by atoms with van der Waals surface area (Å²) in [5.74, 6) is -0.398. The van der Waals surface area contributed by atoms with Gasteiger partial charge >= 0.3 is 0 Å². The highest BCUT2D eigenvalue weighted by Crippen LogP contribution is 2.15. The summed E-state index contributed by atoms with van der Waals surface area (Å²) in [6, 6.07) is 0. The van der Waals surface area contributed by atoms with E-state index in [0.29, 0.717) is 0 Å². The normalized spacial score (nSPS) is 31.0. The monoisotopic (exact) mass is 156 g/mol. The van der Waals surface area contributed by atoms with Crippen molar-refractivity contribution in [1.82, 2.24) is 0 Å². The van der Waals surface area contributed by atoms with Crippen molar-refractivity contribution in [2.45, 2.75) is 0 Å². The zero-order valence-corrected chi connectivity index (χ0v) is 5.50. The minimum atomic E-state index is -3.69. The lowest BCUT2D eigenvalue weighted by atomic mass is 11.0. The first-order valence-corrected chi connectivity index (χ1v) is 5.73. The van der Waals surface area contributed by atoms with Gasteiger partial charge in [0, 0.05) is 0 Å². The molecule has 0 radical (unpaired) electrons. The quantitative estimate of drug-likeness (QED) is 0.411. The Kier molecular flexibility index (Phi) is 0.936. The number of hydrogen-bond acceptors (Lipinski definition) is 4. The van der Waals surface area contributed by atoms with Crippen LogP contribution >= 0.6 is 0 Å². The van der Waals surface area contributed by atoms with Gasteiger partial charge in [-0.15, -0.1) is 0 Å². The molecule has 1 aliphatic heterocycles. The minimum absolute atomic E-state index is 0.199. The highest BCUT2D eigenvalue weighted by atomic mass is 33.2. The van der Waals surface area contributed by atoms with Gasteiger partial charge in [0.25, 0.3) is 17.7 Å². The molecule has 0 unspecified atom stereocenters. The second-order valence-corrected chi connectivity index (χ2v) is 7.62. The summed E-state index contributed by atoms with van der Waals surface area (Å²) in [6.07, 6.45) is 0. The molecule has 0 aromatic carbocycles. The van der Waals surface area contributed by atoms with Crippen LogP contribution in [0.2, 0.25) is 0 Å². The first kappa shape index (κ1) is 6.03. The van der Waals surface area contributed by atoms with Crippen LogP contribution in [-0.2, 0) is 17.7 Å². The van der Waals surface area contributed by atoms with E-state index in [-0.39, 0.29) is 11.5 Å². The van der Waals surface area contributed by atoms with Crippen molar-refractivity contribution in [3.8, 4) is 0 Å². The lowest BCUT2D eigenvalue weighted by molar-refractivity contribution is 0.575. The van der Waals surface area contributed by atoms with Gasteiger partial charge in [-0.25, -0.2) is 16.8 Å². The van der Waals surface area contributed by atoms with Crippen molar-refractivity contribution in [3.05, 3.63) is 0 Å². The van der Waals surface area contributed by atoms with Gasteiger partial charge in [-0.1, -0.05) is 0 Å². The molecule has 6 heteroatoms. The molecule has 0 N–H and O–H groups in total. The molecule has 0 aliphatic carbocycles. The molecule has 4 nitrogen and oxygen atoms in total. The summed E-state index contributed by atoms with van der Waals surface area (Å²) < 4.78 is 40.6. The van der Waals surface area contributed by atoms with Gasteiger partial charge in [-0.2, -0.15) is 0 Å². The van der Waals surface area contributed by atoms with Crippen molar-refractivity contribution in [3.63, 3.8) is 0 Å². The molecule has 1 aliphatic rings. The summed E-state index contributed by atoms with van der Waals surface area (Å²) in [4.78, 5) is 0. The standard InChI is InChI=1S/C2H4O4S2/c3-7(4)1-2-8(7,5)6/h1-2H2.